The van der Waals surface area contributed by atoms with Crippen LogP contribution < -0.4 is 10.9 Å². The van der Waals surface area contributed by atoms with Gasteiger partial charge in [0.2, 0.25) is 5.91 Å². The van der Waals surface area contributed by atoms with Crippen LogP contribution in [-0.2, 0) is 22.7 Å². The van der Waals surface area contributed by atoms with Crippen molar-refractivity contribution in [3.63, 3.8) is 0 Å². The highest BCUT2D eigenvalue weighted by molar-refractivity contribution is 6.30. The molecule has 0 radical (unpaired) electrons. The van der Waals surface area contributed by atoms with Gasteiger partial charge in [0.15, 0.2) is 0 Å². The normalized spacial score (nSPS) is 24.3. The molecule has 1 N–H and O–H groups in total. The molecular formula is C23H23ClN4O4. The fourth-order valence-corrected chi connectivity index (χ4v) is 5.17. The molecule has 166 valence electrons. The van der Waals surface area contributed by atoms with Crippen molar-refractivity contribution in [1.29, 1.82) is 0 Å². The third kappa shape index (κ3) is 3.79. The van der Waals surface area contributed by atoms with E-state index in [4.69, 9.17) is 11.6 Å². The van der Waals surface area contributed by atoms with Crippen LogP contribution in [0.4, 0.5) is 4.79 Å². The molecule has 4 amide bonds. The molecule has 0 aliphatic carbocycles. The minimum absolute atomic E-state index is 0.00276. The Balaban J connectivity index is 1.25. The fraction of sp³-hybridized carbons (Fsp3) is 0.391. The highest BCUT2D eigenvalue weighted by Crippen LogP contribution is 2.35. The van der Waals surface area contributed by atoms with Crippen LogP contribution in [0.25, 0.3) is 0 Å². The van der Waals surface area contributed by atoms with E-state index in [0.29, 0.717) is 24.7 Å². The van der Waals surface area contributed by atoms with Crippen molar-refractivity contribution in [2.45, 2.75) is 37.9 Å². The third-order valence-electron chi connectivity index (χ3n) is 6.57. The van der Waals surface area contributed by atoms with Crippen LogP contribution in [0.15, 0.2) is 47.3 Å². The molecule has 0 saturated carbocycles. The Kier molecular flexibility index (Phi) is 5.25. The van der Waals surface area contributed by atoms with Gasteiger partial charge in [-0.05, 0) is 36.1 Å². The Hall–Kier alpha value is -3.13. The number of amides is 4. The number of halogens is 1. The lowest BCUT2D eigenvalue weighted by atomic mass is 9.83. The summed E-state index contributed by atoms with van der Waals surface area (Å²) in [5.41, 5.74) is 1.74. The summed E-state index contributed by atoms with van der Waals surface area (Å²) >= 11 is 5.89. The van der Waals surface area contributed by atoms with Crippen LogP contribution in [0.2, 0.25) is 5.02 Å². The van der Waals surface area contributed by atoms with Crippen molar-refractivity contribution in [3.8, 4) is 0 Å². The SMILES string of the molecule is O=C(C[C@@H]1NC(=O)N(Cc2ccc(Cl)cc2)C1=O)N1C[C@@H]2C[C@H](C1)c1cccc(=O)n1C2. The van der Waals surface area contributed by atoms with E-state index in [1.54, 1.807) is 41.3 Å². The first-order valence-electron chi connectivity index (χ1n) is 10.7. The van der Waals surface area contributed by atoms with Crippen LogP contribution in [-0.4, -0.2) is 51.3 Å². The standard InChI is InChI=1S/C23H23ClN4O4/c24-17-6-4-14(5-7-17)11-28-22(31)18(25-23(28)32)9-21(30)26-10-15-8-16(13-26)19-2-1-3-20(29)27(19)12-15/h1-7,15-16,18H,8-13H2,(H,25,32)/t15-,16+,18-/m0/s1. The lowest BCUT2D eigenvalue weighted by Crippen LogP contribution is -2.50. The number of carbonyl (C=O) groups excluding carboxylic acids is 3. The number of aromatic nitrogens is 1. The van der Waals surface area contributed by atoms with Gasteiger partial charge in [0.25, 0.3) is 11.5 Å². The number of hydrogen-bond donors (Lipinski definition) is 1. The van der Waals surface area contributed by atoms with E-state index in [0.717, 1.165) is 22.6 Å². The van der Waals surface area contributed by atoms with E-state index in [1.165, 1.54) is 0 Å². The maximum Gasteiger partial charge on any atom is 0.325 e. The number of nitrogens with one attached hydrogen (secondary N) is 1. The van der Waals surface area contributed by atoms with Gasteiger partial charge < -0.3 is 14.8 Å². The van der Waals surface area contributed by atoms with Gasteiger partial charge in [0.05, 0.1) is 13.0 Å². The van der Waals surface area contributed by atoms with Gasteiger partial charge in [0, 0.05) is 42.3 Å². The van der Waals surface area contributed by atoms with Crippen LogP contribution >= 0.6 is 11.6 Å². The number of likely N-dealkylation sites (tertiary alicyclic amines) is 1. The lowest BCUT2D eigenvalue weighted by molar-refractivity contribution is -0.137. The Labute approximate surface area is 189 Å². The van der Waals surface area contributed by atoms with Crippen molar-refractivity contribution in [2.24, 2.45) is 5.92 Å². The number of imide groups is 1. The van der Waals surface area contributed by atoms with Crippen LogP contribution in [0, 0.1) is 5.92 Å². The summed E-state index contributed by atoms with van der Waals surface area (Å²) in [5, 5.41) is 3.22. The Morgan fingerprint density at radius 2 is 1.81 bits per heavy atom. The van der Waals surface area contributed by atoms with Gasteiger partial charge >= 0.3 is 6.03 Å². The average molecular weight is 455 g/mol. The van der Waals surface area contributed by atoms with E-state index in [-0.39, 0.29) is 36.3 Å². The molecule has 32 heavy (non-hydrogen) atoms. The second-order valence-electron chi connectivity index (χ2n) is 8.75. The van der Waals surface area contributed by atoms with Crippen molar-refractivity contribution in [1.82, 2.24) is 19.7 Å². The van der Waals surface area contributed by atoms with E-state index >= 15 is 0 Å². The van der Waals surface area contributed by atoms with Crippen LogP contribution in [0.3, 0.4) is 0 Å². The minimum atomic E-state index is -0.862. The second-order valence-corrected chi connectivity index (χ2v) is 9.19. The Morgan fingerprint density at radius 1 is 1.03 bits per heavy atom. The molecule has 9 heteroatoms. The van der Waals surface area contributed by atoms with Crippen LogP contribution in [0.1, 0.15) is 30.0 Å². The fourth-order valence-electron chi connectivity index (χ4n) is 5.04. The summed E-state index contributed by atoms with van der Waals surface area (Å²) in [7, 11) is 0. The maximum atomic E-state index is 13.0. The van der Waals surface area contributed by atoms with Gasteiger partial charge in [-0.15, -0.1) is 0 Å². The number of urea groups is 1. The molecular weight excluding hydrogens is 432 g/mol. The number of rotatable bonds is 4. The molecule has 2 saturated heterocycles. The van der Waals surface area contributed by atoms with Gasteiger partial charge in [-0.1, -0.05) is 29.8 Å². The zero-order valence-electron chi connectivity index (χ0n) is 17.4. The topological polar surface area (TPSA) is 91.7 Å². The molecule has 8 nitrogen and oxygen atoms in total. The molecule has 0 spiro atoms. The monoisotopic (exact) mass is 454 g/mol. The minimum Gasteiger partial charge on any atom is -0.342 e. The molecule has 3 aliphatic rings. The number of carbonyl (C=O) groups is 3. The molecule has 3 aliphatic heterocycles. The predicted octanol–water partition coefficient (Wildman–Crippen LogP) is 1.96. The summed E-state index contributed by atoms with van der Waals surface area (Å²) in [6.07, 6.45) is 0.879. The van der Waals surface area contributed by atoms with Gasteiger partial charge in [-0.25, -0.2) is 4.79 Å². The number of hydrogen-bond acceptors (Lipinski definition) is 4. The van der Waals surface area contributed by atoms with Crippen molar-refractivity contribution in [3.05, 3.63) is 69.1 Å². The molecule has 1 aromatic heterocycles. The molecule has 4 heterocycles. The van der Waals surface area contributed by atoms with Crippen molar-refractivity contribution >= 4 is 29.4 Å². The molecule has 2 bridgehead atoms. The van der Waals surface area contributed by atoms with Gasteiger partial charge in [-0.3, -0.25) is 19.3 Å². The average Bonchev–Trinajstić information content (AvgIpc) is 3.03. The van der Waals surface area contributed by atoms with Gasteiger partial charge in [-0.2, -0.15) is 0 Å². The first-order valence-corrected chi connectivity index (χ1v) is 11.1. The lowest BCUT2D eigenvalue weighted by Gasteiger charge is -2.43. The maximum absolute atomic E-state index is 13.0. The number of fused-ring (bicyclic) bond motifs is 4. The third-order valence-corrected chi connectivity index (χ3v) is 6.82. The first-order chi connectivity index (χ1) is 15.4. The van der Waals surface area contributed by atoms with E-state index < -0.39 is 18.0 Å². The number of pyridine rings is 1. The van der Waals surface area contributed by atoms with Crippen LogP contribution in [0.5, 0.6) is 0 Å². The summed E-state index contributed by atoms with van der Waals surface area (Å²) in [6.45, 7) is 1.80. The van der Waals surface area contributed by atoms with E-state index in [1.807, 2.05) is 10.6 Å². The molecule has 2 aromatic rings. The zero-order chi connectivity index (χ0) is 22.4. The second kappa shape index (κ2) is 8.09. The molecule has 5 rings (SSSR count). The Morgan fingerprint density at radius 3 is 2.59 bits per heavy atom. The Bertz CT molecular complexity index is 1150. The first kappa shape index (κ1) is 20.8. The predicted molar refractivity (Wildman–Crippen MR) is 117 cm³/mol. The number of benzene rings is 1. The molecule has 3 atom stereocenters. The smallest absolute Gasteiger partial charge is 0.325 e. The molecule has 0 unspecified atom stereocenters. The highest BCUT2D eigenvalue weighted by Gasteiger charge is 2.41. The summed E-state index contributed by atoms with van der Waals surface area (Å²) in [5.74, 6) is -0.234. The summed E-state index contributed by atoms with van der Waals surface area (Å²) < 4.78 is 1.82. The largest absolute Gasteiger partial charge is 0.342 e. The molecule has 1 aromatic carbocycles. The van der Waals surface area contributed by atoms with E-state index in [9.17, 15) is 19.2 Å². The van der Waals surface area contributed by atoms with Gasteiger partial charge in [0.1, 0.15) is 6.04 Å². The van der Waals surface area contributed by atoms with E-state index in [2.05, 4.69) is 5.32 Å². The zero-order valence-corrected chi connectivity index (χ0v) is 18.1. The quantitative estimate of drug-likeness (QED) is 0.715. The van der Waals surface area contributed by atoms with Crippen molar-refractivity contribution < 1.29 is 14.4 Å². The highest BCUT2D eigenvalue weighted by atomic mass is 35.5. The summed E-state index contributed by atoms with van der Waals surface area (Å²) in [4.78, 5) is 53.3. The number of nitrogens with zero attached hydrogens (tertiary/aromatic N) is 3. The molecule has 2 fully saturated rings. The summed E-state index contributed by atoms with van der Waals surface area (Å²) in [6, 6.07) is 10.9. The number of piperidine rings is 1. The van der Waals surface area contributed by atoms with Crippen molar-refractivity contribution in [2.75, 3.05) is 13.1 Å².